The molecular formula is C20H24N4O. The first-order valence-corrected chi connectivity index (χ1v) is 9.14. The van der Waals surface area contributed by atoms with E-state index >= 15 is 0 Å². The van der Waals surface area contributed by atoms with Crippen LogP contribution in [0.4, 0.5) is 5.82 Å². The molecule has 0 spiro atoms. The Hall–Kier alpha value is -2.43. The molecule has 1 atom stereocenters. The van der Waals surface area contributed by atoms with Gasteiger partial charge in [0.15, 0.2) is 5.82 Å². The number of fused-ring (bicyclic) bond motifs is 1. The molecule has 0 saturated carbocycles. The first-order chi connectivity index (χ1) is 12.2. The highest BCUT2D eigenvalue weighted by Crippen LogP contribution is 2.34. The monoisotopic (exact) mass is 336 g/mol. The van der Waals surface area contributed by atoms with Gasteiger partial charge >= 0.3 is 0 Å². The van der Waals surface area contributed by atoms with Crippen LogP contribution in [0, 0.1) is 6.92 Å². The molecule has 130 valence electrons. The van der Waals surface area contributed by atoms with Gasteiger partial charge in [0.05, 0.1) is 11.6 Å². The maximum Gasteiger partial charge on any atom is 0.230 e. The summed E-state index contributed by atoms with van der Waals surface area (Å²) in [6, 6.07) is 12.4. The molecule has 1 aromatic carbocycles. The Morgan fingerprint density at radius 2 is 1.92 bits per heavy atom. The van der Waals surface area contributed by atoms with Crippen LogP contribution in [0.3, 0.4) is 0 Å². The average Bonchev–Trinajstić information content (AvgIpc) is 2.91. The van der Waals surface area contributed by atoms with Crippen molar-refractivity contribution in [3.8, 4) is 0 Å². The molecule has 1 unspecified atom stereocenters. The van der Waals surface area contributed by atoms with E-state index in [0.29, 0.717) is 5.91 Å². The summed E-state index contributed by atoms with van der Waals surface area (Å²) < 4.78 is 0. The summed E-state index contributed by atoms with van der Waals surface area (Å²) >= 11 is 0. The average molecular weight is 336 g/mol. The second-order valence-electron chi connectivity index (χ2n) is 6.99. The molecule has 4 rings (SSSR count). The molecule has 1 amide bonds. The van der Waals surface area contributed by atoms with Gasteiger partial charge in [0.1, 0.15) is 0 Å². The Kier molecular flexibility index (Phi) is 4.38. The van der Waals surface area contributed by atoms with Crippen LogP contribution in [0.15, 0.2) is 36.4 Å². The molecule has 1 saturated heterocycles. The van der Waals surface area contributed by atoms with Crippen LogP contribution in [-0.4, -0.2) is 47.2 Å². The summed E-state index contributed by atoms with van der Waals surface area (Å²) in [5.74, 6) is 1.25. The number of rotatable bonds is 2. The fraction of sp³-hybridized carbons (Fsp3) is 0.450. The first-order valence-electron chi connectivity index (χ1n) is 9.14. The van der Waals surface area contributed by atoms with E-state index in [1.807, 2.05) is 30.0 Å². The van der Waals surface area contributed by atoms with Gasteiger partial charge in [-0.15, -0.1) is 5.10 Å². The number of aromatic nitrogens is 2. The summed E-state index contributed by atoms with van der Waals surface area (Å²) in [6.07, 6.45) is 2.93. The van der Waals surface area contributed by atoms with Gasteiger partial charge in [-0.3, -0.25) is 4.79 Å². The van der Waals surface area contributed by atoms with Crippen LogP contribution in [0.5, 0.6) is 0 Å². The summed E-state index contributed by atoms with van der Waals surface area (Å²) in [4.78, 5) is 17.4. The van der Waals surface area contributed by atoms with E-state index < -0.39 is 0 Å². The number of hydrogen-bond acceptors (Lipinski definition) is 4. The topological polar surface area (TPSA) is 49.3 Å². The quantitative estimate of drug-likeness (QED) is 0.846. The highest BCUT2D eigenvalue weighted by molar-refractivity contribution is 5.85. The van der Waals surface area contributed by atoms with Gasteiger partial charge in [0.25, 0.3) is 0 Å². The molecule has 1 aromatic heterocycles. The maximum atomic E-state index is 13.1. The van der Waals surface area contributed by atoms with E-state index in [1.165, 1.54) is 11.1 Å². The highest BCUT2D eigenvalue weighted by atomic mass is 16.2. The highest BCUT2D eigenvalue weighted by Gasteiger charge is 2.32. The van der Waals surface area contributed by atoms with Gasteiger partial charge in [-0.05, 0) is 49.4 Å². The summed E-state index contributed by atoms with van der Waals surface area (Å²) in [5, 5.41) is 8.45. The van der Waals surface area contributed by atoms with Crippen LogP contribution in [-0.2, 0) is 11.2 Å². The van der Waals surface area contributed by atoms with Gasteiger partial charge in [0.2, 0.25) is 5.91 Å². The molecule has 1 aliphatic heterocycles. The van der Waals surface area contributed by atoms with Crippen molar-refractivity contribution < 1.29 is 4.79 Å². The fourth-order valence-electron chi connectivity index (χ4n) is 3.96. The standard InChI is InChI=1S/C20H24N4O/c1-15-7-10-19(22-21-15)23-11-4-12-24(14-13-23)20(25)18-9-8-16-5-2-3-6-17(16)18/h2-3,5-7,10,18H,4,8-9,11-14H2,1H3. The van der Waals surface area contributed by atoms with E-state index in [0.717, 1.165) is 57.0 Å². The van der Waals surface area contributed by atoms with Gasteiger partial charge in [0, 0.05) is 26.2 Å². The number of carbonyl (C=O) groups excluding carboxylic acids is 1. The predicted octanol–water partition coefficient (Wildman–Crippen LogP) is 2.55. The fourth-order valence-corrected chi connectivity index (χ4v) is 3.96. The van der Waals surface area contributed by atoms with Crippen molar-refractivity contribution in [1.82, 2.24) is 15.1 Å². The smallest absolute Gasteiger partial charge is 0.230 e. The Labute approximate surface area is 148 Å². The molecule has 2 aliphatic rings. The number of aryl methyl sites for hydroxylation is 2. The van der Waals surface area contributed by atoms with Gasteiger partial charge in [-0.1, -0.05) is 24.3 Å². The molecule has 5 heteroatoms. The number of amides is 1. The third-order valence-electron chi connectivity index (χ3n) is 5.35. The normalized spacial score (nSPS) is 20.3. The molecule has 5 nitrogen and oxygen atoms in total. The maximum absolute atomic E-state index is 13.1. The molecule has 1 fully saturated rings. The largest absolute Gasteiger partial charge is 0.353 e. The van der Waals surface area contributed by atoms with Crippen LogP contribution in [0.25, 0.3) is 0 Å². The number of carbonyl (C=O) groups is 1. The zero-order valence-corrected chi connectivity index (χ0v) is 14.7. The minimum atomic E-state index is 0.0434. The van der Waals surface area contributed by atoms with Crippen molar-refractivity contribution in [1.29, 1.82) is 0 Å². The van der Waals surface area contributed by atoms with Crippen LogP contribution >= 0.6 is 0 Å². The Bertz CT molecular complexity index is 759. The lowest BCUT2D eigenvalue weighted by Gasteiger charge is -2.25. The van der Waals surface area contributed by atoms with E-state index in [-0.39, 0.29) is 5.92 Å². The first kappa shape index (κ1) is 16.1. The minimum absolute atomic E-state index is 0.0434. The van der Waals surface area contributed by atoms with Crippen molar-refractivity contribution in [2.45, 2.75) is 32.1 Å². The van der Waals surface area contributed by atoms with Crippen molar-refractivity contribution >= 4 is 11.7 Å². The number of hydrogen-bond donors (Lipinski definition) is 0. The third kappa shape index (κ3) is 3.23. The van der Waals surface area contributed by atoms with E-state index in [9.17, 15) is 4.79 Å². The lowest BCUT2D eigenvalue weighted by molar-refractivity contribution is -0.132. The van der Waals surface area contributed by atoms with Crippen molar-refractivity contribution in [3.63, 3.8) is 0 Å². The van der Waals surface area contributed by atoms with Gasteiger partial charge in [-0.25, -0.2) is 0 Å². The molecule has 2 heterocycles. The van der Waals surface area contributed by atoms with E-state index in [1.54, 1.807) is 0 Å². The zero-order chi connectivity index (χ0) is 17.2. The lowest BCUT2D eigenvalue weighted by Crippen LogP contribution is -2.38. The second-order valence-corrected chi connectivity index (χ2v) is 6.99. The number of nitrogens with zero attached hydrogens (tertiary/aromatic N) is 4. The molecule has 0 N–H and O–H groups in total. The summed E-state index contributed by atoms with van der Waals surface area (Å²) in [6.45, 7) is 5.26. The van der Waals surface area contributed by atoms with Crippen LogP contribution in [0.1, 0.15) is 35.6 Å². The van der Waals surface area contributed by atoms with E-state index in [2.05, 4.69) is 33.3 Å². The molecule has 2 aromatic rings. The minimum Gasteiger partial charge on any atom is -0.353 e. The van der Waals surface area contributed by atoms with E-state index in [4.69, 9.17) is 0 Å². The lowest BCUT2D eigenvalue weighted by atomic mass is 10.00. The Balaban J connectivity index is 1.44. The van der Waals surface area contributed by atoms with Crippen molar-refractivity contribution in [2.24, 2.45) is 0 Å². The third-order valence-corrected chi connectivity index (χ3v) is 5.35. The zero-order valence-electron chi connectivity index (χ0n) is 14.7. The molecule has 1 aliphatic carbocycles. The van der Waals surface area contributed by atoms with Crippen LogP contribution in [0.2, 0.25) is 0 Å². The van der Waals surface area contributed by atoms with Gasteiger partial charge < -0.3 is 9.80 Å². The SMILES string of the molecule is Cc1ccc(N2CCCN(C(=O)C3CCc4ccccc43)CC2)nn1. The summed E-state index contributed by atoms with van der Waals surface area (Å²) in [5.41, 5.74) is 3.50. The number of anilines is 1. The van der Waals surface area contributed by atoms with Crippen LogP contribution < -0.4 is 4.90 Å². The molecular weight excluding hydrogens is 312 g/mol. The second kappa shape index (κ2) is 6.82. The Morgan fingerprint density at radius 3 is 2.76 bits per heavy atom. The Morgan fingerprint density at radius 1 is 1.04 bits per heavy atom. The van der Waals surface area contributed by atoms with Crippen molar-refractivity contribution in [3.05, 3.63) is 53.2 Å². The van der Waals surface area contributed by atoms with Gasteiger partial charge in [-0.2, -0.15) is 5.10 Å². The number of benzene rings is 1. The summed E-state index contributed by atoms with van der Waals surface area (Å²) in [7, 11) is 0. The predicted molar refractivity (Wildman–Crippen MR) is 97.7 cm³/mol. The van der Waals surface area contributed by atoms with Crippen molar-refractivity contribution in [2.75, 3.05) is 31.1 Å². The molecule has 0 radical (unpaired) electrons. The molecule has 0 bridgehead atoms. The molecule has 25 heavy (non-hydrogen) atoms.